The van der Waals surface area contributed by atoms with Crippen LogP contribution in [-0.2, 0) is 19.1 Å². The second-order valence-corrected chi connectivity index (χ2v) is 5.75. The Balaban J connectivity index is 3.26. The number of carbonyl (C=O) groups excluding carboxylic acids is 2. The number of hydrogen-bond donors (Lipinski definition) is 2. The number of primary amides is 2. The fourth-order valence-electron chi connectivity index (χ4n) is 0.980. The summed E-state index contributed by atoms with van der Waals surface area (Å²) in [6.07, 6.45) is 1.06. The number of amides is 2. The Bertz CT molecular complexity index is 240. The summed E-state index contributed by atoms with van der Waals surface area (Å²) in [5.41, 5.74) is 10.1. The van der Waals surface area contributed by atoms with Crippen LogP contribution in [0.1, 0.15) is 12.8 Å². The third-order valence-corrected chi connectivity index (χ3v) is 3.84. The second-order valence-electron chi connectivity index (χ2n) is 3.54. The summed E-state index contributed by atoms with van der Waals surface area (Å²) in [5, 5.41) is 0. The van der Waals surface area contributed by atoms with Gasteiger partial charge in [-0.05, 0) is 12.8 Å². The van der Waals surface area contributed by atoms with Crippen LogP contribution in [0.5, 0.6) is 0 Å². The number of nitrogens with two attached hydrogens (primary N) is 2. The molecule has 0 heterocycles. The van der Waals surface area contributed by atoms with Crippen molar-refractivity contribution in [2.45, 2.75) is 22.5 Å². The van der Waals surface area contributed by atoms with Crippen molar-refractivity contribution in [3.63, 3.8) is 0 Å². The molecule has 0 bridgehead atoms. The van der Waals surface area contributed by atoms with Gasteiger partial charge in [-0.2, -0.15) is 0 Å². The van der Waals surface area contributed by atoms with Gasteiger partial charge in [0, 0.05) is 13.2 Å². The molecule has 2 amide bonds. The van der Waals surface area contributed by atoms with E-state index in [1.807, 2.05) is 0 Å². The van der Waals surface area contributed by atoms with E-state index in [1.165, 1.54) is 0 Å². The quantitative estimate of drug-likeness (QED) is 0.391. The van der Waals surface area contributed by atoms with E-state index in [0.29, 0.717) is 39.3 Å². The van der Waals surface area contributed by atoms with Crippen LogP contribution in [0, 0.1) is 0 Å². The van der Waals surface area contributed by atoms with Gasteiger partial charge < -0.3 is 20.9 Å². The molecule has 0 radical (unpaired) electrons. The van der Waals surface area contributed by atoms with Gasteiger partial charge in [0.1, 0.15) is 0 Å². The van der Waals surface area contributed by atoms with Crippen molar-refractivity contribution in [3.8, 4) is 0 Å². The Kier molecular flexibility index (Phi) is 10.6. The van der Waals surface area contributed by atoms with Gasteiger partial charge in [-0.3, -0.25) is 9.59 Å². The van der Waals surface area contributed by atoms with Crippen molar-refractivity contribution in [1.82, 2.24) is 0 Å². The lowest BCUT2D eigenvalue weighted by Gasteiger charge is -2.08. The number of alkyl halides is 2. The number of ether oxygens (including phenoxy) is 2. The summed E-state index contributed by atoms with van der Waals surface area (Å²) >= 11 is 6.26. The molecule has 106 valence electrons. The van der Waals surface area contributed by atoms with Crippen molar-refractivity contribution in [2.75, 3.05) is 26.4 Å². The van der Waals surface area contributed by atoms with Gasteiger partial charge in [-0.1, -0.05) is 31.9 Å². The SMILES string of the molecule is NC(=O)C(Br)CCOCCOCCC(Br)C(N)=O. The van der Waals surface area contributed by atoms with E-state index in [-0.39, 0.29) is 9.65 Å². The minimum atomic E-state index is -0.398. The summed E-state index contributed by atoms with van der Waals surface area (Å²) in [7, 11) is 0. The van der Waals surface area contributed by atoms with Crippen molar-refractivity contribution in [3.05, 3.63) is 0 Å². The molecule has 0 fully saturated rings. The van der Waals surface area contributed by atoms with Gasteiger partial charge in [0.15, 0.2) is 0 Å². The van der Waals surface area contributed by atoms with Crippen LogP contribution in [0.2, 0.25) is 0 Å². The predicted octanol–water partition coefficient (Wildman–Crippen LogP) is 0.297. The molecule has 8 heteroatoms. The molecule has 0 saturated heterocycles. The minimum absolute atomic E-state index is 0.358. The third-order valence-electron chi connectivity index (χ3n) is 2.02. The van der Waals surface area contributed by atoms with E-state index >= 15 is 0 Å². The first-order valence-corrected chi connectivity index (χ1v) is 7.30. The maximum atomic E-state index is 10.7. The summed E-state index contributed by atoms with van der Waals surface area (Å²) in [6, 6.07) is 0. The van der Waals surface area contributed by atoms with Gasteiger partial charge in [0.05, 0.1) is 22.9 Å². The van der Waals surface area contributed by atoms with E-state index in [2.05, 4.69) is 31.9 Å². The fraction of sp³-hybridized carbons (Fsp3) is 0.800. The highest BCUT2D eigenvalue weighted by Crippen LogP contribution is 2.05. The zero-order valence-corrected chi connectivity index (χ0v) is 13.1. The van der Waals surface area contributed by atoms with E-state index < -0.39 is 11.8 Å². The first-order chi connectivity index (χ1) is 8.45. The predicted molar refractivity (Wildman–Crippen MR) is 74.7 cm³/mol. The highest BCUT2D eigenvalue weighted by Gasteiger charge is 2.10. The third kappa shape index (κ3) is 9.81. The molecule has 0 saturated carbocycles. The Morgan fingerprint density at radius 2 is 1.17 bits per heavy atom. The smallest absolute Gasteiger partial charge is 0.231 e. The summed E-state index contributed by atoms with van der Waals surface area (Å²) in [6.45, 7) is 1.74. The number of rotatable bonds is 11. The highest BCUT2D eigenvalue weighted by atomic mass is 79.9. The largest absolute Gasteiger partial charge is 0.379 e. The van der Waals surface area contributed by atoms with Gasteiger partial charge >= 0.3 is 0 Å². The molecule has 0 aliphatic carbocycles. The maximum absolute atomic E-state index is 10.7. The van der Waals surface area contributed by atoms with Crippen LogP contribution in [0.25, 0.3) is 0 Å². The van der Waals surface area contributed by atoms with Crippen LogP contribution >= 0.6 is 31.9 Å². The van der Waals surface area contributed by atoms with Crippen molar-refractivity contribution >= 4 is 43.7 Å². The number of carbonyl (C=O) groups is 2. The first-order valence-electron chi connectivity index (χ1n) is 5.47. The van der Waals surface area contributed by atoms with Gasteiger partial charge in [0.2, 0.25) is 11.8 Å². The summed E-state index contributed by atoms with van der Waals surface area (Å²) < 4.78 is 10.5. The van der Waals surface area contributed by atoms with Gasteiger partial charge in [0.25, 0.3) is 0 Å². The molecule has 2 atom stereocenters. The molecule has 0 aliphatic heterocycles. The van der Waals surface area contributed by atoms with E-state index in [9.17, 15) is 9.59 Å². The topological polar surface area (TPSA) is 105 Å². The minimum Gasteiger partial charge on any atom is -0.379 e. The molecule has 4 N–H and O–H groups in total. The number of halogens is 2. The maximum Gasteiger partial charge on any atom is 0.231 e. The van der Waals surface area contributed by atoms with Crippen molar-refractivity contribution in [1.29, 1.82) is 0 Å². The molecule has 18 heavy (non-hydrogen) atoms. The van der Waals surface area contributed by atoms with Crippen LogP contribution in [-0.4, -0.2) is 47.9 Å². The lowest BCUT2D eigenvalue weighted by molar-refractivity contribution is -0.118. The Morgan fingerprint density at radius 3 is 1.44 bits per heavy atom. The Labute approximate surface area is 123 Å². The molecule has 0 spiro atoms. The van der Waals surface area contributed by atoms with Crippen LogP contribution in [0.4, 0.5) is 0 Å². The van der Waals surface area contributed by atoms with E-state index in [1.54, 1.807) is 0 Å². The zero-order valence-electron chi connectivity index (χ0n) is 9.94. The summed E-state index contributed by atoms with van der Waals surface area (Å²) in [4.78, 5) is 20.6. The second kappa shape index (κ2) is 10.7. The Hall–Kier alpha value is -0.180. The molecule has 0 rings (SSSR count). The van der Waals surface area contributed by atoms with E-state index in [0.717, 1.165) is 0 Å². The van der Waals surface area contributed by atoms with Crippen LogP contribution in [0.3, 0.4) is 0 Å². The molecular weight excluding hydrogens is 372 g/mol. The van der Waals surface area contributed by atoms with Crippen molar-refractivity contribution < 1.29 is 19.1 Å². The Morgan fingerprint density at radius 1 is 0.833 bits per heavy atom. The first kappa shape index (κ1) is 17.8. The molecule has 0 aromatic heterocycles. The molecule has 0 aromatic carbocycles. The van der Waals surface area contributed by atoms with Crippen LogP contribution in [0.15, 0.2) is 0 Å². The molecule has 2 unspecified atom stereocenters. The average molecular weight is 390 g/mol. The highest BCUT2D eigenvalue weighted by molar-refractivity contribution is 9.10. The summed E-state index contributed by atoms with van der Waals surface area (Å²) in [5.74, 6) is -0.797. The monoisotopic (exact) mass is 388 g/mol. The standard InChI is InChI=1S/C10H18Br2N2O4/c11-7(9(13)15)1-3-17-5-6-18-4-2-8(12)10(14)16/h7-8H,1-6H2,(H2,13,15)(H2,14,16). The number of hydrogen-bond acceptors (Lipinski definition) is 4. The molecule has 0 aromatic rings. The van der Waals surface area contributed by atoms with E-state index in [4.69, 9.17) is 20.9 Å². The van der Waals surface area contributed by atoms with Crippen LogP contribution < -0.4 is 11.5 Å². The van der Waals surface area contributed by atoms with Crippen molar-refractivity contribution in [2.24, 2.45) is 11.5 Å². The molecular formula is C10H18Br2N2O4. The molecule has 0 aliphatic rings. The molecule has 6 nitrogen and oxygen atoms in total. The van der Waals surface area contributed by atoms with Gasteiger partial charge in [-0.25, -0.2) is 0 Å². The normalized spacial score (nSPS) is 14.1. The lowest BCUT2D eigenvalue weighted by Crippen LogP contribution is -2.25. The van der Waals surface area contributed by atoms with Gasteiger partial charge in [-0.15, -0.1) is 0 Å². The zero-order chi connectivity index (χ0) is 14.0. The average Bonchev–Trinajstić information content (AvgIpc) is 2.31. The fourth-order valence-corrected chi connectivity index (χ4v) is 1.35. The lowest BCUT2D eigenvalue weighted by atomic mass is 10.3.